The Morgan fingerprint density at radius 1 is 0.750 bits per heavy atom. The smallest absolute Gasteiger partial charge is 0.150 e. The van der Waals surface area contributed by atoms with Gasteiger partial charge in [0.15, 0.2) is 0 Å². The fourth-order valence-electron chi connectivity index (χ4n) is 1.70. The molecule has 0 aromatic rings. The van der Waals surface area contributed by atoms with Crippen LogP contribution in [0.15, 0.2) is 17.2 Å². The van der Waals surface area contributed by atoms with Crippen LogP contribution in [0.1, 0.15) is 20.8 Å². The molecular formula is C13H27N3. The minimum atomic E-state index is 0.0980. The molecule has 0 aromatic carbocycles. The molecule has 0 heterocycles. The molecule has 0 saturated carbocycles. The number of hydrogen-bond acceptors (Lipinski definition) is 3. The summed E-state index contributed by atoms with van der Waals surface area (Å²) in [6.07, 6.45) is 0. The molecule has 3 nitrogen and oxygen atoms in total. The van der Waals surface area contributed by atoms with Gasteiger partial charge in [0.25, 0.3) is 0 Å². The van der Waals surface area contributed by atoms with Crippen LogP contribution >= 0.6 is 0 Å². The van der Waals surface area contributed by atoms with Gasteiger partial charge in [-0.2, -0.15) is 0 Å². The summed E-state index contributed by atoms with van der Waals surface area (Å²) in [5.41, 5.74) is 4.80. The second-order valence-electron chi connectivity index (χ2n) is 5.73. The zero-order chi connectivity index (χ0) is 13.1. The predicted molar refractivity (Wildman–Crippen MR) is 71.1 cm³/mol. The standard InChI is InChI=1S/C13H27N3/c1-13(2,3)11(14(4)5)10-12(15(6)7)16(8)9/h1-9H3. The summed E-state index contributed by atoms with van der Waals surface area (Å²) in [5.74, 6) is 1.08. The van der Waals surface area contributed by atoms with Crippen molar-refractivity contribution in [3.63, 3.8) is 0 Å². The van der Waals surface area contributed by atoms with E-state index >= 15 is 0 Å². The van der Waals surface area contributed by atoms with E-state index < -0.39 is 0 Å². The zero-order valence-corrected chi connectivity index (χ0v) is 12.3. The van der Waals surface area contributed by atoms with Gasteiger partial charge in [0.2, 0.25) is 0 Å². The lowest BCUT2D eigenvalue weighted by atomic mass is 9.91. The van der Waals surface area contributed by atoms with Crippen LogP contribution in [0.5, 0.6) is 0 Å². The van der Waals surface area contributed by atoms with E-state index in [4.69, 9.17) is 0 Å². The van der Waals surface area contributed by atoms with Crippen molar-refractivity contribution in [2.24, 2.45) is 5.41 Å². The van der Waals surface area contributed by atoms with E-state index in [0.717, 1.165) is 5.82 Å². The van der Waals surface area contributed by atoms with Crippen LogP contribution in [0, 0.1) is 5.41 Å². The van der Waals surface area contributed by atoms with E-state index in [-0.39, 0.29) is 5.41 Å². The molecule has 0 spiro atoms. The summed E-state index contributed by atoms with van der Waals surface area (Å²) in [7, 11) is 12.3. The van der Waals surface area contributed by atoms with E-state index in [0.29, 0.717) is 0 Å². The average Bonchev–Trinajstić information content (AvgIpc) is 1.99. The number of hydrogen-bond donors (Lipinski definition) is 0. The maximum Gasteiger partial charge on any atom is 0.150 e. The first-order valence-corrected chi connectivity index (χ1v) is 5.60. The summed E-state index contributed by atoms with van der Waals surface area (Å²) in [5, 5.41) is 0. The van der Waals surface area contributed by atoms with Crippen LogP contribution < -0.4 is 0 Å². The Morgan fingerprint density at radius 2 is 1.12 bits per heavy atom. The van der Waals surface area contributed by atoms with Crippen LogP contribution in [0.3, 0.4) is 0 Å². The summed E-state index contributed by atoms with van der Waals surface area (Å²) in [4.78, 5) is 6.29. The molecule has 94 valence electrons. The Balaban J connectivity index is 5.71. The molecular weight excluding hydrogens is 198 g/mol. The molecule has 0 aliphatic carbocycles. The zero-order valence-electron chi connectivity index (χ0n) is 12.3. The highest BCUT2D eigenvalue weighted by molar-refractivity contribution is 5.12. The number of nitrogens with zero attached hydrogens (tertiary/aromatic N) is 3. The lowest BCUT2D eigenvalue weighted by molar-refractivity contribution is 0.328. The molecule has 0 aliphatic heterocycles. The molecule has 3 heteroatoms. The number of allylic oxidation sites excluding steroid dienone is 1. The van der Waals surface area contributed by atoms with Crippen LogP contribution in [0.2, 0.25) is 0 Å². The summed E-state index contributed by atoms with van der Waals surface area (Å²) in [6, 6.07) is 0. The van der Waals surface area contributed by atoms with Crippen molar-refractivity contribution in [3.8, 4) is 0 Å². The van der Waals surface area contributed by atoms with Crippen molar-refractivity contribution in [3.05, 3.63) is 17.2 Å². The molecule has 0 amide bonds. The highest BCUT2D eigenvalue weighted by atomic mass is 15.3. The maximum absolute atomic E-state index is 3.50. The second-order valence-corrected chi connectivity index (χ2v) is 5.73. The Labute approximate surface area is 101 Å². The maximum atomic E-state index is 3.50. The molecule has 0 bridgehead atoms. The third kappa shape index (κ3) is 4.19. The van der Waals surface area contributed by atoms with Crippen molar-refractivity contribution in [1.29, 1.82) is 0 Å². The molecule has 0 aromatic heterocycles. The Hall–Kier alpha value is -1.08. The van der Waals surface area contributed by atoms with Gasteiger partial charge in [0, 0.05) is 47.7 Å². The first kappa shape index (κ1) is 14.9. The van der Waals surface area contributed by atoms with Gasteiger partial charge in [0.05, 0.1) is 5.70 Å². The largest absolute Gasteiger partial charge is 0.374 e. The minimum absolute atomic E-state index is 0.0980. The molecule has 16 heavy (non-hydrogen) atoms. The quantitative estimate of drug-likeness (QED) is 0.681. The van der Waals surface area contributed by atoms with Crippen molar-refractivity contribution >= 4 is 0 Å². The summed E-state index contributed by atoms with van der Waals surface area (Å²) < 4.78 is 0. The summed E-state index contributed by atoms with van der Waals surface area (Å²) >= 11 is 0. The Bertz CT molecular complexity index is 277. The average molecular weight is 225 g/mol. The highest BCUT2D eigenvalue weighted by Crippen LogP contribution is 2.26. The number of rotatable bonds is 3. The van der Waals surface area contributed by atoms with Gasteiger partial charge in [0.1, 0.15) is 5.82 Å². The molecule has 0 fully saturated rings. The van der Waals surface area contributed by atoms with Crippen LogP contribution in [0.4, 0.5) is 0 Å². The fourth-order valence-corrected chi connectivity index (χ4v) is 1.70. The van der Waals surface area contributed by atoms with E-state index in [2.05, 4.69) is 55.3 Å². The normalized spacial score (nSPS) is 10.6. The van der Waals surface area contributed by atoms with Crippen molar-refractivity contribution < 1.29 is 0 Å². The predicted octanol–water partition coefficient (Wildman–Crippen LogP) is 2.04. The molecule has 0 N–H and O–H groups in total. The molecule has 0 unspecified atom stereocenters. The van der Waals surface area contributed by atoms with Gasteiger partial charge in [-0.1, -0.05) is 26.5 Å². The first-order valence-electron chi connectivity index (χ1n) is 5.60. The first-order chi connectivity index (χ1) is 7.07. The topological polar surface area (TPSA) is 9.72 Å². The van der Waals surface area contributed by atoms with Gasteiger partial charge in [-0.15, -0.1) is 0 Å². The van der Waals surface area contributed by atoms with Gasteiger partial charge in [-0.25, -0.2) is 0 Å². The van der Waals surface area contributed by atoms with E-state index in [1.165, 1.54) is 5.70 Å². The van der Waals surface area contributed by atoms with Gasteiger partial charge in [-0.05, 0) is 0 Å². The molecule has 0 radical (unpaired) electrons. The van der Waals surface area contributed by atoms with Gasteiger partial charge >= 0.3 is 0 Å². The van der Waals surface area contributed by atoms with Gasteiger partial charge in [-0.3, -0.25) is 0 Å². The van der Waals surface area contributed by atoms with Crippen LogP contribution in [-0.2, 0) is 0 Å². The van der Waals surface area contributed by atoms with Crippen LogP contribution in [-0.4, -0.2) is 57.0 Å². The third-order valence-corrected chi connectivity index (χ3v) is 2.24. The van der Waals surface area contributed by atoms with Crippen molar-refractivity contribution in [1.82, 2.24) is 14.7 Å². The van der Waals surface area contributed by atoms with E-state index in [1.807, 2.05) is 28.2 Å². The Kier molecular flexibility index (Phi) is 4.95. The SMILES string of the molecule is CN(C)C(=C=C(N(C)C)C(C)(C)C)N(C)C. The summed E-state index contributed by atoms with van der Waals surface area (Å²) in [6.45, 7) is 6.62. The van der Waals surface area contributed by atoms with Gasteiger partial charge < -0.3 is 14.7 Å². The minimum Gasteiger partial charge on any atom is -0.374 e. The second kappa shape index (κ2) is 5.31. The molecule has 0 aliphatic rings. The highest BCUT2D eigenvalue weighted by Gasteiger charge is 2.19. The molecule has 0 saturated heterocycles. The van der Waals surface area contributed by atoms with Crippen LogP contribution in [0.25, 0.3) is 0 Å². The van der Waals surface area contributed by atoms with E-state index in [9.17, 15) is 0 Å². The monoisotopic (exact) mass is 225 g/mol. The molecule has 0 atom stereocenters. The molecule has 0 rings (SSSR count). The van der Waals surface area contributed by atoms with Crippen molar-refractivity contribution in [2.45, 2.75) is 20.8 Å². The lowest BCUT2D eigenvalue weighted by Gasteiger charge is -2.29. The van der Waals surface area contributed by atoms with E-state index in [1.54, 1.807) is 0 Å². The third-order valence-electron chi connectivity index (χ3n) is 2.24. The van der Waals surface area contributed by atoms with Crippen molar-refractivity contribution in [2.75, 3.05) is 42.3 Å². The lowest BCUT2D eigenvalue weighted by Crippen LogP contribution is -2.27. The Morgan fingerprint density at radius 3 is 1.31 bits per heavy atom. The fraction of sp³-hybridized carbons (Fsp3) is 0.769.